The molecule has 3 nitrogen and oxygen atoms in total. The highest BCUT2D eigenvalue weighted by Crippen LogP contribution is 2.21. The van der Waals surface area contributed by atoms with Gasteiger partial charge in [0.25, 0.3) is 0 Å². The molecular formula is C13H22N2O. The maximum Gasteiger partial charge on any atom is 0.0947 e. The van der Waals surface area contributed by atoms with Crippen molar-refractivity contribution in [1.82, 2.24) is 10.2 Å². The summed E-state index contributed by atoms with van der Waals surface area (Å²) in [5.41, 5.74) is 1.23. The molecule has 0 bridgehead atoms. The molecule has 0 saturated heterocycles. The fraction of sp³-hybridized carbons (Fsp3) is 0.692. The minimum absolute atomic E-state index is 0.829. The van der Waals surface area contributed by atoms with Gasteiger partial charge in [0.05, 0.1) is 12.5 Å². The van der Waals surface area contributed by atoms with Gasteiger partial charge in [-0.25, -0.2) is 0 Å². The molecule has 3 heteroatoms. The Labute approximate surface area is 97.8 Å². The topological polar surface area (TPSA) is 28.4 Å². The molecule has 1 N–H and O–H groups in total. The van der Waals surface area contributed by atoms with Gasteiger partial charge >= 0.3 is 0 Å². The van der Waals surface area contributed by atoms with E-state index in [1.165, 1.54) is 31.2 Å². The molecule has 16 heavy (non-hydrogen) atoms. The Morgan fingerprint density at radius 1 is 1.44 bits per heavy atom. The van der Waals surface area contributed by atoms with Gasteiger partial charge in [0, 0.05) is 31.2 Å². The highest BCUT2D eigenvalue weighted by Gasteiger charge is 2.18. The first-order valence-corrected chi connectivity index (χ1v) is 6.28. The summed E-state index contributed by atoms with van der Waals surface area (Å²) in [6, 6.07) is 2.84. The van der Waals surface area contributed by atoms with Gasteiger partial charge in [-0.3, -0.25) is 0 Å². The maximum atomic E-state index is 5.02. The molecule has 0 amide bonds. The first-order chi connectivity index (χ1) is 7.86. The number of rotatable bonds is 6. The van der Waals surface area contributed by atoms with Crippen molar-refractivity contribution in [1.29, 1.82) is 0 Å². The summed E-state index contributed by atoms with van der Waals surface area (Å²) in [5, 5.41) is 3.44. The molecule has 1 fully saturated rings. The molecule has 1 aromatic heterocycles. The van der Waals surface area contributed by atoms with E-state index in [2.05, 4.69) is 17.3 Å². The Balaban J connectivity index is 1.57. The SMILES string of the molecule is CN(CCNCc1ccoc1)C1CCCC1. The highest BCUT2D eigenvalue weighted by atomic mass is 16.3. The fourth-order valence-electron chi connectivity index (χ4n) is 2.41. The minimum atomic E-state index is 0.829. The first-order valence-electron chi connectivity index (χ1n) is 6.28. The van der Waals surface area contributed by atoms with Crippen LogP contribution in [0.5, 0.6) is 0 Å². The number of hydrogen-bond donors (Lipinski definition) is 1. The van der Waals surface area contributed by atoms with E-state index in [1.807, 2.05) is 6.07 Å². The lowest BCUT2D eigenvalue weighted by Crippen LogP contribution is -2.35. The molecule has 0 atom stereocenters. The lowest BCUT2D eigenvalue weighted by Gasteiger charge is -2.23. The third-order valence-electron chi connectivity index (χ3n) is 3.50. The summed E-state index contributed by atoms with van der Waals surface area (Å²) < 4.78 is 5.02. The summed E-state index contributed by atoms with van der Waals surface area (Å²) >= 11 is 0. The number of nitrogens with zero attached hydrogens (tertiary/aromatic N) is 1. The third kappa shape index (κ3) is 3.35. The van der Waals surface area contributed by atoms with E-state index < -0.39 is 0 Å². The average molecular weight is 222 g/mol. The first kappa shape index (κ1) is 11.7. The quantitative estimate of drug-likeness (QED) is 0.748. The molecule has 0 unspecified atom stereocenters. The fourth-order valence-corrected chi connectivity index (χ4v) is 2.41. The zero-order chi connectivity index (χ0) is 11.2. The van der Waals surface area contributed by atoms with Crippen molar-refractivity contribution in [3.63, 3.8) is 0 Å². The zero-order valence-electron chi connectivity index (χ0n) is 10.1. The van der Waals surface area contributed by atoms with Gasteiger partial charge < -0.3 is 14.6 Å². The van der Waals surface area contributed by atoms with Crippen LogP contribution in [0, 0.1) is 0 Å². The van der Waals surface area contributed by atoms with Crippen molar-refractivity contribution in [2.24, 2.45) is 0 Å². The zero-order valence-corrected chi connectivity index (χ0v) is 10.1. The second kappa shape index (κ2) is 6.06. The summed E-state index contributed by atoms with van der Waals surface area (Å²) in [6.45, 7) is 3.11. The van der Waals surface area contributed by atoms with Crippen LogP contribution in [0.2, 0.25) is 0 Å². The molecule has 0 aliphatic heterocycles. The molecule has 1 saturated carbocycles. The Morgan fingerprint density at radius 3 is 2.94 bits per heavy atom. The van der Waals surface area contributed by atoms with Crippen molar-refractivity contribution < 1.29 is 4.42 Å². The Hall–Kier alpha value is -0.800. The molecule has 1 aliphatic rings. The Morgan fingerprint density at radius 2 is 2.25 bits per heavy atom. The summed E-state index contributed by atoms with van der Waals surface area (Å²) in [5.74, 6) is 0. The van der Waals surface area contributed by atoms with Crippen LogP contribution in [-0.2, 0) is 6.54 Å². The lowest BCUT2D eigenvalue weighted by atomic mass is 10.2. The predicted molar refractivity (Wildman–Crippen MR) is 65.3 cm³/mol. The maximum absolute atomic E-state index is 5.02. The molecule has 1 heterocycles. The van der Waals surface area contributed by atoms with E-state index in [0.29, 0.717) is 0 Å². The Bertz CT molecular complexity index is 278. The van der Waals surface area contributed by atoms with Crippen molar-refractivity contribution in [3.05, 3.63) is 24.2 Å². The van der Waals surface area contributed by atoms with Crippen molar-refractivity contribution >= 4 is 0 Å². The van der Waals surface area contributed by atoms with E-state index in [0.717, 1.165) is 25.7 Å². The summed E-state index contributed by atoms with van der Waals surface area (Å²) in [6.07, 6.45) is 9.13. The van der Waals surface area contributed by atoms with Crippen LogP contribution < -0.4 is 5.32 Å². The van der Waals surface area contributed by atoms with Crippen LogP contribution in [0.1, 0.15) is 31.2 Å². The van der Waals surface area contributed by atoms with Crippen LogP contribution in [0.3, 0.4) is 0 Å². The van der Waals surface area contributed by atoms with Crippen molar-refractivity contribution in [3.8, 4) is 0 Å². The molecule has 0 spiro atoms. The second-order valence-corrected chi connectivity index (χ2v) is 4.73. The van der Waals surface area contributed by atoms with Crippen LogP contribution in [0.15, 0.2) is 23.0 Å². The highest BCUT2D eigenvalue weighted by molar-refractivity contribution is 5.04. The minimum Gasteiger partial charge on any atom is -0.472 e. The lowest BCUT2D eigenvalue weighted by molar-refractivity contribution is 0.245. The van der Waals surface area contributed by atoms with Gasteiger partial charge in [-0.2, -0.15) is 0 Å². The van der Waals surface area contributed by atoms with Gasteiger partial charge in [0.15, 0.2) is 0 Å². The largest absolute Gasteiger partial charge is 0.472 e. The second-order valence-electron chi connectivity index (χ2n) is 4.73. The standard InChI is InChI=1S/C13H22N2O/c1-15(13-4-2-3-5-13)8-7-14-10-12-6-9-16-11-12/h6,9,11,13-14H,2-5,7-8,10H2,1H3. The monoisotopic (exact) mass is 222 g/mol. The van der Waals surface area contributed by atoms with Crippen LogP contribution in [-0.4, -0.2) is 31.1 Å². The van der Waals surface area contributed by atoms with Gasteiger partial charge in [-0.05, 0) is 26.0 Å². The number of hydrogen-bond acceptors (Lipinski definition) is 3. The predicted octanol–water partition coefficient (Wildman–Crippen LogP) is 2.24. The van der Waals surface area contributed by atoms with E-state index in [-0.39, 0.29) is 0 Å². The number of furan rings is 1. The molecule has 1 aliphatic carbocycles. The number of likely N-dealkylation sites (N-methyl/N-ethyl adjacent to an activating group) is 1. The van der Waals surface area contributed by atoms with Crippen LogP contribution in [0.25, 0.3) is 0 Å². The number of nitrogens with one attached hydrogen (secondary N) is 1. The van der Waals surface area contributed by atoms with Gasteiger partial charge in [-0.1, -0.05) is 12.8 Å². The van der Waals surface area contributed by atoms with E-state index in [1.54, 1.807) is 12.5 Å². The van der Waals surface area contributed by atoms with Gasteiger partial charge in [-0.15, -0.1) is 0 Å². The van der Waals surface area contributed by atoms with Crippen LogP contribution in [0.4, 0.5) is 0 Å². The van der Waals surface area contributed by atoms with Gasteiger partial charge in [0.2, 0.25) is 0 Å². The molecule has 2 rings (SSSR count). The van der Waals surface area contributed by atoms with Crippen LogP contribution >= 0.6 is 0 Å². The van der Waals surface area contributed by atoms with E-state index in [9.17, 15) is 0 Å². The molecular weight excluding hydrogens is 200 g/mol. The molecule has 0 radical (unpaired) electrons. The van der Waals surface area contributed by atoms with Crippen molar-refractivity contribution in [2.45, 2.75) is 38.3 Å². The van der Waals surface area contributed by atoms with E-state index >= 15 is 0 Å². The molecule has 0 aromatic carbocycles. The summed E-state index contributed by atoms with van der Waals surface area (Å²) in [4.78, 5) is 2.50. The van der Waals surface area contributed by atoms with Crippen molar-refractivity contribution in [2.75, 3.05) is 20.1 Å². The molecule has 90 valence electrons. The van der Waals surface area contributed by atoms with Gasteiger partial charge in [0.1, 0.15) is 0 Å². The average Bonchev–Trinajstić information content (AvgIpc) is 2.96. The Kier molecular flexibility index (Phi) is 4.43. The van der Waals surface area contributed by atoms with E-state index in [4.69, 9.17) is 4.42 Å². The normalized spacial score (nSPS) is 17.4. The smallest absolute Gasteiger partial charge is 0.0947 e. The molecule has 1 aromatic rings. The third-order valence-corrected chi connectivity index (χ3v) is 3.50. The summed E-state index contributed by atoms with van der Waals surface area (Å²) in [7, 11) is 2.25.